The van der Waals surface area contributed by atoms with Gasteiger partial charge in [0.1, 0.15) is 0 Å². The van der Waals surface area contributed by atoms with Gasteiger partial charge in [-0.15, -0.1) is 0 Å². The smallest absolute Gasteiger partial charge is 0.151 e. The zero-order valence-corrected chi connectivity index (χ0v) is 11.6. The first-order valence-corrected chi connectivity index (χ1v) is 7.14. The van der Waals surface area contributed by atoms with Crippen LogP contribution in [0, 0.1) is 0 Å². The van der Waals surface area contributed by atoms with Crippen molar-refractivity contribution in [2.75, 3.05) is 13.6 Å². The van der Waals surface area contributed by atoms with Gasteiger partial charge in [-0.2, -0.15) is 0 Å². The average Bonchev–Trinajstić information content (AvgIpc) is 3.08. The molecule has 1 N–H and O–H groups in total. The third-order valence-corrected chi connectivity index (χ3v) is 3.33. The monoisotopic (exact) mass is 251 g/mol. The summed E-state index contributed by atoms with van der Waals surface area (Å²) in [6, 6.07) is 2.80. The van der Waals surface area contributed by atoms with Crippen LogP contribution in [0.5, 0.6) is 0 Å². The van der Waals surface area contributed by atoms with Gasteiger partial charge in [-0.05, 0) is 32.9 Å². The van der Waals surface area contributed by atoms with Crippen molar-refractivity contribution in [1.29, 1.82) is 0 Å². The minimum atomic E-state index is 0.724. The lowest BCUT2D eigenvalue weighted by Crippen LogP contribution is -2.18. The summed E-state index contributed by atoms with van der Waals surface area (Å²) in [7, 11) is 2.14. The first-order valence-electron chi connectivity index (χ1n) is 7.14. The molecule has 1 aliphatic rings. The van der Waals surface area contributed by atoms with Crippen LogP contribution in [0.1, 0.15) is 50.5 Å². The van der Waals surface area contributed by atoms with E-state index in [2.05, 4.69) is 35.4 Å². The van der Waals surface area contributed by atoms with E-state index in [1.807, 2.05) is 0 Å². The Morgan fingerprint density at radius 2 is 2.28 bits per heavy atom. The van der Waals surface area contributed by atoms with Crippen molar-refractivity contribution in [1.82, 2.24) is 15.4 Å². The van der Waals surface area contributed by atoms with Crippen LogP contribution in [-0.2, 0) is 13.1 Å². The van der Waals surface area contributed by atoms with Crippen molar-refractivity contribution in [3.05, 3.63) is 17.5 Å². The van der Waals surface area contributed by atoms with Gasteiger partial charge in [0.2, 0.25) is 0 Å². The summed E-state index contributed by atoms with van der Waals surface area (Å²) < 4.78 is 5.36. The Morgan fingerprint density at radius 1 is 1.44 bits per heavy atom. The molecule has 4 nitrogen and oxygen atoms in total. The third kappa shape index (κ3) is 4.78. The van der Waals surface area contributed by atoms with Gasteiger partial charge in [-0.3, -0.25) is 4.90 Å². The Labute approximate surface area is 110 Å². The summed E-state index contributed by atoms with van der Waals surface area (Å²) in [5.41, 5.74) is 1.03. The fourth-order valence-electron chi connectivity index (χ4n) is 2.03. The van der Waals surface area contributed by atoms with Gasteiger partial charge in [0.05, 0.1) is 12.2 Å². The molecule has 102 valence electrons. The number of hydrogen-bond acceptors (Lipinski definition) is 4. The molecule has 0 aromatic carbocycles. The van der Waals surface area contributed by atoms with E-state index in [0.29, 0.717) is 0 Å². The maximum Gasteiger partial charge on any atom is 0.151 e. The lowest BCUT2D eigenvalue weighted by molar-refractivity contribution is 0.267. The highest BCUT2D eigenvalue weighted by Crippen LogP contribution is 2.19. The Morgan fingerprint density at radius 3 is 3.00 bits per heavy atom. The summed E-state index contributed by atoms with van der Waals surface area (Å²) in [4.78, 5) is 2.30. The molecule has 18 heavy (non-hydrogen) atoms. The van der Waals surface area contributed by atoms with Crippen LogP contribution in [0.2, 0.25) is 0 Å². The number of nitrogens with zero attached hydrogens (tertiary/aromatic N) is 2. The Balaban J connectivity index is 1.67. The topological polar surface area (TPSA) is 41.3 Å². The van der Waals surface area contributed by atoms with Crippen molar-refractivity contribution in [3.63, 3.8) is 0 Å². The summed E-state index contributed by atoms with van der Waals surface area (Å²) >= 11 is 0. The Bertz CT molecular complexity index is 347. The molecule has 0 unspecified atom stereocenters. The lowest BCUT2D eigenvalue weighted by atomic mass is 10.2. The first-order chi connectivity index (χ1) is 8.78. The van der Waals surface area contributed by atoms with Crippen molar-refractivity contribution in [3.8, 4) is 0 Å². The summed E-state index contributed by atoms with van der Waals surface area (Å²) in [6.07, 6.45) is 6.46. The van der Waals surface area contributed by atoms with Crippen LogP contribution < -0.4 is 5.32 Å². The molecule has 1 aromatic rings. The maximum atomic E-state index is 5.36. The average molecular weight is 251 g/mol. The van der Waals surface area contributed by atoms with Crippen molar-refractivity contribution in [2.24, 2.45) is 0 Å². The Hall–Kier alpha value is -0.870. The van der Waals surface area contributed by atoms with Crippen LogP contribution >= 0.6 is 0 Å². The lowest BCUT2D eigenvalue weighted by Gasteiger charge is -2.13. The molecule has 0 saturated heterocycles. The van der Waals surface area contributed by atoms with Crippen LogP contribution in [0.4, 0.5) is 0 Å². The number of nitrogens with one attached hydrogen (secondary N) is 1. The van der Waals surface area contributed by atoms with E-state index in [9.17, 15) is 0 Å². The van der Waals surface area contributed by atoms with Gasteiger partial charge < -0.3 is 9.84 Å². The second kappa shape index (κ2) is 6.90. The van der Waals surface area contributed by atoms with E-state index in [4.69, 9.17) is 4.52 Å². The highest BCUT2D eigenvalue weighted by atomic mass is 16.5. The normalized spacial score (nSPS) is 15.5. The van der Waals surface area contributed by atoms with Crippen LogP contribution in [0.3, 0.4) is 0 Å². The molecule has 1 aliphatic carbocycles. The molecular weight excluding hydrogens is 226 g/mol. The predicted octanol–water partition coefficient (Wildman–Crippen LogP) is 2.55. The minimum absolute atomic E-state index is 0.724. The van der Waals surface area contributed by atoms with Gasteiger partial charge in [0.25, 0.3) is 0 Å². The highest BCUT2D eigenvalue weighted by Gasteiger charge is 2.20. The molecule has 1 saturated carbocycles. The molecule has 0 aliphatic heterocycles. The molecule has 1 aromatic heterocycles. The molecule has 0 radical (unpaired) electrons. The molecule has 2 rings (SSSR count). The predicted molar refractivity (Wildman–Crippen MR) is 72.2 cm³/mol. The van der Waals surface area contributed by atoms with Crippen molar-refractivity contribution >= 4 is 0 Å². The van der Waals surface area contributed by atoms with Crippen molar-refractivity contribution in [2.45, 2.75) is 58.2 Å². The van der Waals surface area contributed by atoms with Gasteiger partial charge >= 0.3 is 0 Å². The number of aromatic nitrogens is 1. The molecule has 4 heteroatoms. The molecule has 0 bridgehead atoms. The van der Waals surface area contributed by atoms with Gasteiger partial charge in [0.15, 0.2) is 5.76 Å². The summed E-state index contributed by atoms with van der Waals surface area (Å²) in [5.74, 6) is 0.974. The number of hydrogen-bond donors (Lipinski definition) is 1. The fourth-order valence-corrected chi connectivity index (χ4v) is 2.03. The Kier molecular flexibility index (Phi) is 5.20. The molecule has 0 atom stereocenters. The molecular formula is C14H25N3O. The molecule has 0 spiro atoms. The highest BCUT2D eigenvalue weighted by molar-refractivity contribution is 5.05. The molecule has 0 amide bonds. The van der Waals surface area contributed by atoms with E-state index in [1.165, 1.54) is 32.1 Å². The van der Waals surface area contributed by atoms with E-state index < -0.39 is 0 Å². The second-order valence-corrected chi connectivity index (χ2v) is 5.38. The van der Waals surface area contributed by atoms with Crippen LogP contribution in [-0.4, -0.2) is 29.7 Å². The maximum absolute atomic E-state index is 5.36. The van der Waals surface area contributed by atoms with E-state index >= 15 is 0 Å². The fraction of sp³-hybridized carbons (Fsp3) is 0.786. The SMILES string of the molecule is CCCCCN(C)Cc1cc(CNC2CC2)no1. The quantitative estimate of drug-likeness (QED) is 0.685. The van der Waals surface area contributed by atoms with Gasteiger partial charge in [0, 0.05) is 18.7 Å². The van der Waals surface area contributed by atoms with Crippen LogP contribution in [0.15, 0.2) is 10.6 Å². The summed E-state index contributed by atoms with van der Waals surface area (Å²) in [6.45, 7) is 5.06. The van der Waals surface area contributed by atoms with Gasteiger partial charge in [-0.1, -0.05) is 24.9 Å². The number of unbranched alkanes of at least 4 members (excludes halogenated alkanes) is 2. The van der Waals surface area contributed by atoms with Crippen molar-refractivity contribution < 1.29 is 4.52 Å². The molecule has 1 fully saturated rings. The van der Waals surface area contributed by atoms with Crippen LogP contribution in [0.25, 0.3) is 0 Å². The third-order valence-electron chi connectivity index (χ3n) is 3.33. The zero-order valence-electron chi connectivity index (χ0n) is 11.6. The number of rotatable bonds is 9. The summed E-state index contributed by atoms with van der Waals surface area (Å²) in [5, 5.41) is 7.55. The van der Waals surface area contributed by atoms with E-state index in [1.54, 1.807) is 0 Å². The van der Waals surface area contributed by atoms with E-state index in [-0.39, 0.29) is 0 Å². The zero-order chi connectivity index (χ0) is 12.8. The standard InChI is InChI=1S/C14H25N3O/c1-3-4-5-8-17(2)11-14-9-13(16-18-14)10-15-12-6-7-12/h9,12,15H,3-8,10-11H2,1-2H3. The first kappa shape index (κ1) is 13.6. The van der Waals surface area contributed by atoms with E-state index in [0.717, 1.165) is 37.1 Å². The molecule has 1 heterocycles. The second-order valence-electron chi connectivity index (χ2n) is 5.38. The minimum Gasteiger partial charge on any atom is -0.360 e. The van der Waals surface area contributed by atoms with Gasteiger partial charge in [-0.25, -0.2) is 0 Å². The largest absolute Gasteiger partial charge is 0.360 e.